The minimum absolute atomic E-state index is 0. The molecule has 3 heterocycles. The summed E-state index contributed by atoms with van der Waals surface area (Å²) in [6.07, 6.45) is 3.00. The number of nitrogens with one attached hydrogen (secondary N) is 1. The van der Waals surface area contributed by atoms with E-state index in [-0.39, 0.29) is 37.2 Å². The summed E-state index contributed by atoms with van der Waals surface area (Å²) < 4.78 is 29.8. The molecule has 2 aliphatic heterocycles. The molecule has 1 aromatic heterocycles. The molecular weight excluding hydrogens is 469 g/mol. The number of rotatable bonds is 5. The number of imidazole rings is 1. The van der Waals surface area contributed by atoms with Gasteiger partial charge in [-0.25, -0.2) is 13.4 Å². The predicted octanol–water partition coefficient (Wildman–Crippen LogP) is 2.90. The Morgan fingerprint density at radius 2 is 1.67 bits per heavy atom. The van der Waals surface area contributed by atoms with E-state index in [2.05, 4.69) is 21.7 Å². The van der Waals surface area contributed by atoms with E-state index in [4.69, 9.17) is 4.98 Å². The number of hydrogen-bond acceptors (Lipinski definition) is 5. The van der Waals surface area contributed by atoms with Crippen molar-refractivity contribution < 1.29 is 8.42 Å². The van der Waals surface area contributed by atoms with E-state index in [1.807, 2.05) is 6.07 Å². The van der Waals surface area contributed by atoms with Gasteiger partial charge in [-0.15, -0.1) is 37.2 Å². The number of hydrogen-bond donors (Lipinski definition) is 1. The van der Waals surface area contributed by atoms with Gasteiger partial charge in [0, 0.05) is 45.8 Å². The Balaban J connectivity index is 0.00000150. The molecule has 1 N–H and O–H groups in total. The minimum Gasteiger partial charge on any atom is -0.327 e. The van der Waals surface area contributed by atoms with Gasteiger partial charge in [-0.05, 0) is 38.0 Å². The average Bonchev–Trinajstić information content (AvgIpc) is 3.05. The Morgan fingerprint density at radius 3 is 2.30 bits per heavy atom. The summed E-state index contributed by atoms with van der Waals surface area (Å²) in [6.45, 7) is 9.03. The van der Waals surface area contributed by atoms with Gasteiger partial charge in [-0.2, -0.15) is 4.31 Å². The summed E-state index contributed by atoms with van der Waals surface area (Å²) in [5.74, 6) is 1.02. The maximum atomic E-state index is 13.0. The second kappa shape index (κ2) is 11.9. The van der Waals surface area contributed by atoms with Gasteiger partial charge in [0.25, 0.3) is 0 Å². The minimum atomic E-state index is -3.43. The molecule has 0 aliphatic carbocycles. The quantitative estimate of drug-likeness (QED) is 0.683. The highest BCUT2D eigenvalue weighted by Crippen LogP contribution is 2.25. The van der Waals surface area contributed by atoms with Crippen LogP contribution in [0.1, 0.15) is 32.0 Å². The van der Waals surface area contributed by atoms with Gasteiger partial charge in [0.1, 0.15) is 5.82 Å². The van der Waals surface area contributed by atoms with E-state index in [1.165, 1.54) is 0 Å². The molecule has 0 saturated carbocycles. The van der Waals surface area contributed by atoms with E-state index >= 15 is 0 Å². The van der Waals surface area contributed by atoms with Gasteiger partial charge in [0.15, 0.2) is 0 Å². The number of aryl methyl sites for hydroxylation is 1. The van der Waals surface area contributed by atoms with Crippen LogP contribution in [0.4, 0.5) is 0 Å². The molecule has 7 nitrogen and oxygen atoms in total. The number of halogens is 3. The van der Waals surface area contributed by atoms with Gasteiger partial charge in [-0.3, -0.25) is 4.90 Å². The molecule has 4 rings (SSSR count). The van der Waals surface area contributed by atoms with Crippen molar-refractivity contribution in [1.82, 2.24) is 24.1 Å². The van der Waals surface area contributed by atoms with Crippen LogP contribution in [0, 0.1) is 0 Å². The van der Waals surface area contributed by atoms with Crippen molar-refractivity contribution in [3.8, 4) is 0 Å². The number of piperidine rings is 1. The highest BCUT2D eigenvalue weighted by Gasteiger charge is 2.27. The predicted molar refractivity (Wildman–Crippen MR) is 128 cm³/mol. The van der Waals surface area contributed by atoms with Crippen LogP contribution in [0.15, 0.2) is 23.1 Å². The van der Waals surface area contributed by atoms with Crippen LogP contribution >= 0.6 is 37.2 Å². The Labute approximate surface area is 197 Å². The largest absolute Gasteiger partial charge is 0.327 e. The molecule has 0 unspecified atom stereocenters. The van der Waals surface area contributed by atoms with Crippen LogP contribution in [0.25, 0.3) is 11.0 Å². The maximum Gasteiger partial charge on any atom is 0.243 e. The molecule has 0 spiro atoms. The third-order valence-electron chi connectivity index (χ3n) is 5.64. The van der Waals surface area contributed by atoms with Gasteiger partial charge in [-0.1, -0.05) is 6.42 Å². The molecule has 2 aliphatic rings. The smallest absolute Gasteiger partial charge is 0.243 e. The number of piperazine rings is 1. The van der Waals surface area contributed by atoms with E-state index in [0.29, 0.717) is 18.0 Å². The van der Waals surface area contributed by atoms with Crippen molar-refractivity contribution in [3.05, 3.63) is 24.0 Å². The fourth-order valence-electron chi connectivity index (χ4n) is 4.12. The highest BCUT2D eigenvalue weighted by atomic mass is 35.5. The standard InChI is InChI=1S/C19H29N5O2S.3ClH/c1-2-24-18-7-6-16(27(25,26)23-10-4-3-5-11-23)14-17(18)21-19(24)15-22-12-8-20-9-13-22;;;/h6-7,14,20H,2-5,8-13,15H2,1H3;3*1H. The lowest BCUT2D eigenvalue weighted by atomic mass is 10.2. The molecule has 2 aromatic rings. The van der Waals surface area contributed by atoms with Crippen molar-refractivity contribution in [1.29, 1.82) is 0 Å². The van der Waals surface area contributed by atoms with Crippen molar-refractivity contribution in [2.24, 2.45) is 0 Å². The summed E-state index contributed by atoms with van der Waals surface area (Å²) in [6, 6.07) is 5.42. The summed E-state index contributed by atoms with van der Waals surface area (Å²) >= 11 is 0. The van der Waals surface area contributed by atoms with E-state index < -0.39 is 10.0 Å². The topological polar surface area (TPSA) is 70.5 Å². The second-order valence-electron chi connectivity index (χ2n) is 7.41. The first-order valence-electron chi connectivity index (χ1n) is 10.0. The fourth-order valence-corrected chi connectivity index (χ4v) is 5.65. The van der Waals surface area contributed by atoms with Crippen LogP contribution in [-0.2, 0) is 23.1 Å². The highest BCUT2D eigenvalue weighted by molar-refractivity contribution is 7.89. The first-order valence-corrected chi connectivity index (χ1v) is 11.5. The number of benzene rings is 1. The first-order chi connectivity index (χ1) is 13.1. The first kappa shape index (κ1) is 27.4. The Morgan fingerprint density at radius 1 is 1.00 bits per heavy atom. The molecule has 172 valence electrons. The van der Waals surface area contributed by atoms with Crippen LogP contribution in [0.5, 0.6) is 0 Å². The number of fused-ring (bicyclic) bond motifs is 1. The van der Waals surface area contributed by atoms with E-state index in [0.717, 1.165) is 75.4 Å². The summed E-state index contributed by atoms with van der Waals surface area (Å²) in [5.41, 5.74) is 1.79. The third kappa shape index (κ3) is 5.59. The molecule has 30 heavy (non-hydrogen) atoms. The Hall–Kier alpha value is -0.610. The normalized spacial score (nSPS) is 18.3. The van der Waals surface area contributed by atoms with Crippen molar-refractivity contribution in [2.45, 2.75) is 44.2 Å². The Bertz CT molecular complexity index is 910. The van der Waals surface area contributed by atoms with Crippen LogP contribution in [0.2, 0.25) is 0 Å². The molecule has 2 fully saturated rings. The molecular formula is C19H32Cl3N5O2S. The Kier molecular flexibility index (Phi) is 10.8. The molecule has 11 heteroatoms. The molecule has 0 bridgehead atoms. The lowest BCUT2D eigenvalue weighted by molar-refractivity contribution is 0.225. The van der Waals surface area contributed by atoms with Crippen molar-refractivity contribution >= 4 is 58.3 Å². The van der Waals surface area contributed by atoms with Gasteiger partial charge < -0.3 is 9.88 Å². The number of sulfonamides is 1. The molecule has 0 atom stereocenters. The van der Waals surface area contributed by atoms with Gasteiger partial charge >= 0.3 is 0 Å². The number of aromatic nitrogens is 2. The molecule has 2 saturated heterocycles. The van der Waals surface area contributed by atoms with Crippen LogP contribution < -0.4 is 5.32 Å². The van der Waals surface area contributed by atoms with E-state index in [1.54, 1.807) is 16.4 Å². The van der Waals surface area contributed by atoms with Crippen molar-refractivity contribution in [2.75, 3.05) is 39.3 Å². The average molecular weight is 501 g/mol. The SMILES string of the molecule is CCn1c(CN2CCNCC2)nc2cc(S(=O)(=O)N3CCCCC3)ccc21.Cl.Cl.Cl. The summed E-state index contributed by atoms with van der Waals surface area (Å²) in [4.78, 5) is 7.58. The summed E-state index contributed by atoms with van der Waals surface area (Å²) in [5, 5.41) is 3.37. The van der Waals surface area contributed by atoms with Crippen molar-refractivity contribution in [3.63, 3.8) is 0 Å². The fraction of sp³-hybridized carbons (Fsp3) is 0.632. The maximum absolute atomic E-state index is 13.0. The van der Waals surface area contributed by atoms with Crippen LogP contribution in [0.3, 0.4) is 0 Å². The van der Waals surface area contributed by atoms with Gasteiger partial charge in [0.2, 0.25) is 10.0 Å². The monoisotopic (exact) mass is 499 g/mol. The lowest BCUT2D eigenvalue weighted by Crippen LogP contribution is -2.43. The zero-order valence-corrected chi connectivity index (χ0v) is 20.5. The lowest BCUT2D eigenvalue weighted by Gasteiger charge is -2.26. The van der Waals surface area contributed by atoms with E-state index in [9.17, 15) is 8.42 Å². The zero-order valence-electron chi connectivity index (χ0n) is 17.2. The second-order valence-corrected chi connectivity index (χ2v) is 9.35. The molecule has 0 amide bonds. The van der Waals surface area contributed by atoms with Crippen LogP contribution in [-0.4, -0.2) is 66.4 Å². The van der Waals surface area contributed by atoms with Gasteiger partial charge in [0.05, 0.1) is 22.5 Å². The number of nitrogens with zero attached hydrogens (tertiary/aromatic N) is 4. The molecule has 0 radical (unpaired) electrons. The third-order valence-corrected chi connectivity index (χ3v) is 7.54. The zero-order chi connectivity index (χ0) is 18.9. The summed E-state index contributed by atoms with van der Waals surface area (Å²) in [7, 11) is -3.43. The molecule has 1 aromatic carbocycles.